The van der Waals surface area contributed by atoms with Crippen LogP contribution < -0.4 is 14.8 Å². The van der Waals surface area contributed by atoms with Gasteiger partial charge in [0.1, 0.15) is 6.61 Å². The Balaban J connectivity index is 2.37. The van der Waals surface area contributed by atoms with Gasteiger partial charge in [0, 0.05) is 12.6 Å². The molecule has 0 aliphatic carbocycles. The summed E-state index contributed by atoms with van der Waals surface area (Å²) in [6.07, 6.45) is 3.25. The van der Waals surface area contributed by atoms with Crippen molar-refractivity contribution in [1.29, 1.82) is 0 Å². The lowest BCUT2D eigenvalue weighted by molar-refractivity contribution is 0.224. The molecule has 0 unspecified atom stereocenters. The van der Waals surface area contributed by atoms with E-state index in [2.05, 4.69) is 29.1 Å². The van der Waals surface area contributed by atoms with Crippen LogP contribution in [0.25, 0.3) is 0 Å². The van der Waals surface area contributed by atoms with Crippen LogP contribution in [0.15, 0.2) is 12.4 Å². The summed E-state index contributed by atoms with van der Waals surface area (Å²) in [5.74, 6) is 0.989. The summed E-state index contributed by atoms with van der Waals surface area (Å²) >= 11 is 0. The van der Waals surface area contributed by atoms with Crippen molar-refractivity contribution in [3.63, 3.8) is 0 Å². The maximum atomic E-state index is 5.46. The second-order valence-corrected chi connectivity index (χ2v) is 4.32. The first-order valence-electron chi connectivity index (χ1n) is 5.93. The molecular formula is C12H21N3O2. The summed E-state index contributed by atoms with van der Waals surface area (Å²) in [5, 5.41) is 3.26. The summed E-state index contributed by atoms with van der Waals surface area (Å²) in [6, 6.07) is 0.459. The second-order valence-electron chi connectivity index (χ2n) is 4.32. The zero-order valence-electron chi connectivity index (χ0n) is 10.9. The smallest absolute Gasteiger partial charge is 0.235 e. The molecular weight excluding hydrogens is 218 g/mol. The molecule has 0 spiro atoms. The maximum absolute atomic E-state index is 5.46. The number of aromatic nitrogens is 2. The molecule has 96 valence electrons. The molecule has 0 saturated carbocycles. The zero-order chi connectivity index (χ0) is 12.7. The molecule has 0 amide bonds. The van der Waals surface area contributed by atoms with E-state index in [0.29, 0.717) is 24.4 Å². The first-order chi connectivity index (χ1) is 8.08. The molecule has 0 aliphatic rings. The van der Waals surface area contributed by atoms with Gasteiger partial charge in [0.15, 0.2) is 0 Å². The molecule has 0 aliphatic heterocycles. The number of rotatable bonds is 7. The Morgan fingerprint density at radius 3 is 2.53 bits per heavy atom. The van der Waals surface area contributed by atoms with Crippen LogP contribution in [0.2, 0.25) is 0 Å². The van der Waals surface area contributed by atoms with E-state index < -0.39 is 0 Å². The minimum Gasteiger partial charge on any atom is -0.475 e. The molecule has 0 saturated heterocycles. The molecule has 0 atom stereocenters. The van der Waals surface area contributed by atoms with Crippen LogP contribution in [0.5, 0.6) is 11.8 Å². The predicted octanol–water partition coefficient (Wildman–Crippen LogP) is 1.64. The summed E-state index contributed by atoms with van der Waals surface area (Å²) < 4.78 is 10.9. The fourth-order valence-corrected chi connectivity index (χ4v) is 1.20. The largest absolute Gasteiger partial charge is 0.475 e. The molecule has 1 N–H and O–H groups in total. The van der Waals surface area contributed by atoms with Gasteiger partial charge in [0.25, 0.3) is 0 Å². The quantitative estimate of drug-likeness (QED) is 0.733. The van der Waals surface area contributed by atoms with Crippen molar-refractivity contribution in [2.75, 3.05) is 13.2 Å². The number of nitrogens with one attached hydrogen (secondary N) is 1. The Kier molecular flexibility index (Phi) is 5.69. The number of hydrogen-bond donors (Lipinski definition) is 1. The van der Waals surface area contributed by atoms with Crippen LogP contribution in [0.4, 0.5) is 0 Å². The van der Waals surface area contributed by atoms with Gasteiger partial charge >= 0.3 is 0 Å². The second kappa shape index (κ2) is 7.06. The lowest BCUT2D eigenvalue weighted by Gasteiger charge is -2.11. The monoisotopic (exact) mass is 239 g/mol. The van der Waals surface area contributed by atoms with Crippen LogP contribution in [0.3, 0.4) is 0 Å². The van der Waals surface area contributed by atoms with Crippen molar-refractivity contribution in [2.24, 2.45) is 0 Å². The van der Waals surface area contributed by atoms with Crippen LogP contribution in [-0.4, -0.2) is 35.3 Å². The first-order valence-corrected chi connectivity index (χ1v) is 5.93. The third-order valence-corrected chi connectivity index (χ3v) is 1.85. The lowest BCUT2D eigenvalue weighted by Crippen LogP contribution is -2.27. The summed E-state index contributed by atoms with van der Waals surface area (Å²) in [7, 11) is 0. The fourth-order valence-electron chi connectivity index (χ4n) is 1.20. The van der Waals surface area contributed by atoms with Gasteiger partial charge in [-0.25, -0.2) is 0 Å². The normalized spacial score (nSPS) is 10.9. The highest BCUT2D eigenvalue weighted by atomic mass is 16.5. The molecule has 0 fully saturated rings. The Morgan fingerprint density at radius 2 is 1.88 bits per heavy atom. The van der Waals surface area contributed by atoms with Crippen molar-refractivity contribution in [3.8, 4) is 11.8 Å². The van der Waals surface area contributed by atoms with Gasteiger partial charge in [-0.2, -0.15) is 4.98 Å². The topological polar surface area (TPSA) is 56.3 Å². The van der Waals surface area contributed by atoms with Crippen molar-refractivity contribution >= 4 is 0 Å². The third kappa shape index (κ3) is 6.06. The SMILES string of the molecule is CC(C)NCCOc1cncc(OC(C)C)n1. The third-order valence-electron chi connectivity index (χ3n) is 1.85. The lowest BCUT2D eigenvalue weighted by atomic mass is 10.4. The van der Waals surface area contributed by atoms with Crippen molar-refractivity contribution in [2.45, 2.75) is 39.8 Å². The zero-order valence-corrected chi connectivity index (χ0v) is 10.9. The van der Waals surface area contributed by atoms with Crippen LogP contribution in [0.1, 0.15) is 27.7 Å². The van der Waals surface area contributed by atoms with Gasteiger partial charge < -0.3 is 14.8 Å². The highest BCUT2D eigenvalue weighted by Crippen LogP contribution is 2.12. The van der Waals surface area contributed by atoms with Crippen molar-refractivity contribution in [3.05, 3.63) is 12.4 Å². The van der Waals surface area contributed by atoms with Gasteiger partial charge in [-0.15, -0.1) is 0 Å². The summed E-state index contributed by atoms with van der Waals surface area (Å²) in [5.41, 5.74) is 0. The van der Waals surface area contributed by atoms with E-state index in [1.54, 1.807) is 12.4 Å². The van der Waals surface area contributed by atoms with Crippen LogP contribution in [0, 0.1) is 0 Å². The molecule has 1 aromatic heterocycles. The Labute approximate surface area is 103 Å². The Hall–Kier alpha value is -1.36. The maximum Gasteiger partial charge on any atom is 0.235 e. The number of hydrogen-bond acceptors (Lipinski definition) is 5. The highest BCUT2D eigenvalue weighted by molar-refractivity contribution is 5.12. The van der Waals surface area contributed by atoms with E-state index in [0.717, 1.165) is 6.54 Å². The van der Waals surface area contributed by atoms with Crippen LogP contribution >= 0.6 is 0 Å². The predicted molar refractivity (Wildman–Crippen MR) is 66.4 cm³/mol. The summed E-state index contributed by atoms with van der Waals surface area (Å²) in [4.78, 5) is 8.21. The van der Waals surface area contributed by atoms with E-state index in [1.165, 1.54) is 0 Å². The van der Waals surface area contributed by atoms with Gasteiger partial charge in [-0.3, -0.25) is 4.98 Å². The molecule has 0 radical (unpaired) electrons. The molecule has 17 heavy (non-hydrogen) atoms. The minimum atomic E-state index is 0.0853. The van der Waals surface area contributed by atoms with E-state index in [-0.39, 0.29) is 6.10 Å². The van der Waals surface area contributed by atoms with Crippen LogP contribution in [-0.2, 0) is 0 Å². The Morgan fingerprint density at radius 1 is 1.18 bits per heavy atom. The van der Waals surface area contributed by atoms with Gasteiger partial charge in [-0.05, 0) is 13.8 Å². The Bertz CT molecular complexity index is 329. The minimum absolute atomic E-state index is 0.0853. The molecule has 5 nitrogen and oxygen atoms in total. The average Bonchev–Trinajstić information content (AvgIpc) is 2.24. The molecule has 1 aromatic rings. The molecule has 1 heterocycles. The average molecular weight is 239 g/mol. The molecule has 1 rings (SSSR count). The van der Waals surface area contributed by atoms with E-state index in [9.17, 15) is 0 Å². The number of nitrogens with zero attached hydrogens (tertiary/aromatic N) is 2. The summed E-state index contributed by atoms with van der Waals surface area (Å²) in [6.45, 7) is 9.43. The van der Waals surface area contributed by atoms with E-state index in [1.807, 2.05) is 13.8 Å². The van der Waals surface area contributed by atoms with Gasteiger partial charge in [0.2, 0.25) is 11.8 Å². The van der Waals surface area contributed by atoms with Gasteiger partial charge in [0.05, 0.1) is 18.5 Å². The highest BCUT2D eigenvalue weighted by Gasteiger charge is 2.02. The van der Waals surface area contributed by atoms with Crippen molar-refractivity contribution < 1.29 is 9.47 Å². The van der Waals surface area contributed by atoms with Crippen molar-refractivity contribution in [1.82, 2.24) is 15.3 Å². The molecule has 0 aromatic carbocycles. The molecule has 5 heteroatoms. The molecule has 0 bridgehead atoms. The first kappa shape index (κ1) is 13.7. The van der Waals surface area contributed by atoms with E-state index >= 15 is 0 Å². The van der Waals surface area contributed by atoms with Gasteiger partial charge in [-0.1, -0.05) is 13.8 Å². The van der Waals surface area contributed by atoms with E-state index in [4.69, 9.17) is 9.47 Å². The number of ether oxygens (including phenoxy) is 2. The fraction of sp³-hybridized carbons (Fsp3) is 0.667. The standard InChI is InChI=1S/C12H21N3O2/c1-9(2)14-5-6-16-11-7-13-8-12(15-11)17-10(3)4/h7-10,14H,5-6H2,1-4H3.